The Morgan fingerprint density at radius 3 is 1.91 bits per heavy atom. The molecule has 0 amide bonds. The molecule has 0 bridgehead atoms. The molecule has 0 rings (SSSR count). The number of carbonyl (C=O) groups excluding carboxylic acids is 1. The van der Waals surface area contributed by atoms with Gasteiger partial charge >= 0.3 is 5.97 Å². The van der Waals surface area contributed by atoms with Crippen LogP contribution in [0.1, 0.15) is 27.2 Å². The van der Waals surface area contributed by atoms with Gasteiger partial charge in [-0.15, -0.1) is 0 Å². The smallest absolute Gasteiger partial charge is 0.335 e. The fourth-order valence-electron chi connectivity index (χ4n) is 1.35. The lowest BCUT2D eigenvalue weighted by Gasteiger charge is -2.16. The molecule has 2 atom stereocenters. The first kappa shape index (κ1) is 21.3. The van der Waals surface area contributed by atoms with Crippen molar-refractivity contribution in [1.82, 2.24) is 0 Å². The van der Waals surface area contributed by atoms with Crippen molar-refractivity contribution < 1.29 is 28.5 Å². The van der Waals surface area contributed by atoms with E-state index in [1.807, 2.05) is 13.8 Å². The number of hydrogen-bond acceptors (Lipinski definition) is 7. The Labute approximate surface area is 133 Å². The van der Waals surface area contributed by atoms with Crippen molar-refractivity contribution in [2.45, 2.75) is 39.4 Å². The first-order valence-corrected chi connectivity index (χ1v) is 7.87. The van der Waals surface area contributed by atoms with Crippen LogP contribution in [0.25, 0.3) is 0 Å². The van der Waals surface area contributed by atoms with Crippen LogP contribution < -0.4 is 5.73 Å². The van der Waals surface area contributed by atoms with Gasteiger partial charge < -0.3 is 29.4 Å². The molecule has 0 heterocycles. The van der Waals surface area contributed by atoms with Crippen LogP contribution in [0.3, 0.4) is 0 Å². The van der Waals surface area contributed by atoms with Crippen LogP contribution in [0.4, 0.5) is 0 Å². The van der Waals surface area contributed by atoms with Crippen molar-refractivity contribution in [2.24, 2.45) is 5.73 Å². The summed E-state index contributed by atoms with van der Waals surface area (Å²) < 4.78 is 26.3. The van der Waals surface area contributed by atoms with Gasteiger partial charge in [0.05, 0.1) is 52.4 Å². The van der Waals surface area contributed by atoms with Gasteiger partial charge in [-0.05, 0) is 20.3 Å². The van der Waals surface area contributed by atoms with Gasteiger partial charge in [-0.2, -0.15) is 0 Å². The summed E-state index contributed by atoms with van der Waals surface area (Å²) in [5, 5.41) is 0. The highest BCUT2D eigenvalue weighted by Crippen LogP contribution is 2.01. The Hall–Kier alpha value is -0.730. The van der Waals surface area contributed by atoms with E-state index in [9.17, 15) is 4.79 Å². The van der Waals surface area contributed by atoms with Crippen molar-refractivity contribution in [3.8, 4) is 0 Å². The zero-order chi connectivity index (χ0) is 16.6. The lowest BCUT2D eigenvalue weighted by atomic mass is 10.3. The maximum Gasteiger partial charge on any atom is 0.335 e. The zero-order valence-electron chi connectivity index (χ0n) is 14.0. The first-order valence-electron chi connectivity index (χ1n) is 7.87. The van der Waals surface area contributed by atoms with Crippen LogP contribution in [-0.2, 0) is 28.5 Å². The molecule has 2 N–H and O–H groups in total. The molecule has 7 heteroatoms. The van der Waals surface area contributed by atoms with E-state index < -0.39 is 6.10 Å². The number of nitrogens with two attached hydrogens (primary N) is 1. The minimum absolute atomic E-state index is 0.0826. The van der Waals surface area contributed by atoms with Gasteiger partial charge in [0.15, 0.2) is 6.10 Å². The third-order valence-corrected chi connectivity index (χ3v) is 2.83. The minimum Gasteiger partial charge on any atom is -0.461 e. The maximum absolute atomic E-state index is 11.6. The molecular formula is C15H31NO6. The van der Waals surface area contributed by atoms with Crippen LogP contribution in [0.5, 0.6) is 0 Å². The lowest BCUT2D eigenvalue weighted by molar-refractivity contribution is -0.161. The Morgan fingerprint density at radius 2 is 1.41 bits per heavy atom. The van der Waals surface area contributed by atoms with Gasteiger partial charge in [0.2, 0.25) is 0 Å². The molecule has 7 nitrogen and oxygen atoms in total. The average Bonchev–Trinajstić information content (AvgIpc) is 2.52. The highest BCUT2D eigenvalue weighted by molar-refractivity contribution is 5.74. The van der Waals surface area contributed by atoms with E-state index in [-0.39, 0.29) is 12.1 Å². The van der Waals surface area contributed by atoms with Gasteiger partial charge in [0, 0.05) is 6.54 Å². The van der Waals surface area contributed by atoms with Crippen LogP contribution >= 0.6 is 0 Å². The second-order valence-corrected chi connectivity index (χ2v) is 4.79. The van der Waals surface area contributed by atoms with Gasteiger partial charge in [-0.25, -0.2) is 4.79 Å². The van der Waals surface area contributed by atoms with Crippen molar-refractivity contribution in [3.63, 3.8) is 0 Å². The molecule has 0 radical (unpaired) electrons. The predicted molar refractivity (Wildman–Crippen MR) is 82.8 cm³/mol. The Morgan fingerprint density at radius 1 is 0.909 bits per heavy atom. The van der Waals surface area contributed by atoms with Crippen molar-refractivity contribution >= 4 is 5.97 Å². The van der Waals surface area contributed by atoms with E-state index in [0.717, 1.165) is 6.42 Å². The topological polar surface area (TPSA) is 89.2 Å². The lowest BCUT2D eigenvalue weighted by Crippen LogP contribution is -2.28. The average molecular weight is 321 g/mol. The summed E-state index contributed by atoms with van der Waals surface area (Å²) in [7, 11) is 0. The van der Waals surface area contributed by atoms with Crippen LogP contribution in [0, 0.1) is 0 Å². The van der Waals surface area contributed by atoms with Crippen LogP contribution in [-0.4, -0.2) is 71.0 Å². The zero-order valence-corrected chi connectivity index (χ0v) is 14.0. The molecule has 22 heavy (non-hydrogen) atoms. The monoisotopic (exact) mass is 321 g/mol. The molecule has 0 aliphatic heterocycles. The fraction of sp³-hybridized carbons (Fsp3) is 0.933. The number of carbonyl (C=O) groups is 1. The molecule has 132 valence electrons. The highest BCUT2D eigenvalue weighted by atomic mass is 16.6. The summed E-state index contributed by atoms with van der Waals surface area (Å²) in [6.45, 7) is 9.36. The van der Waals surface area contributed by atoms with E-state index >= 15 is 0 Å². The second kappa shape index (κ2) is 15.2. The Balaban J connectivity index is 3.33. The molecule has 0 saturated heterocycles. The standard InChI is InChI=1S/C15H31NO6/c1-4-13(2)22-15(17)14(3)21-12-11-20-10-9-19-8-7-18-6-5-16/h13-14H,4-12,16H2,1-3H3. The molecular weight excluding hydrogens is 290 g/mol. The van der Waals surface area contributed by atoms with E-state index in [2.05, 4.69) is 0 Å². The predicted octanol–water partition coefficient (Wildman–Crippen LogP) is 0.742. The van der Waals surface area contributed by atoms with Gasteiger partial charge in [-0.1, -0.05) is 6.92 Å². The van der Waals surface area contributed by atoms with Crippen molar-refractivity contribution in [1.29, 1.82) is 0 Å². The molecule has 0 fully saturated rings. The number of esters is 1. The largest absolute Gasteiger partial charge is 0.461 e. The third-order valence-electron chi connectivity index (χ3n) is 2.83. The molecule has 2 unspecified atom stereocenters. The molecule has 0 aromatic rings. The Bertz CT molecular complexity index is 264. The Kier molecular flexibility index (Phi) is 14.7. The number of ether oxygens (including phenoxy) is 5. The van der Waals surface area contributed by atoms with Gasteiger partial charge in [0.1, 0.15) is 0 Å². The quantitative estimate of drug-likeness (QED) is 0.351. The summed E-state index contributed by atoms with van der Waals surface area (Å²) >= 11 is 0. The third kappa shape index (κ3) is 13.0. The molecule has 0 aliphatic rings. The summed E-state index contributed by atoms with van der Waals surface area (Å²) in [5.74, 6) is -0.338. The summed E-state index contributed by atoms with van der Waals surface area (Å²) in [4.78, 5) is 11.6. The summed E-state index contributed by atoms with van der Waals surface area (Å²) in [5.41, 5.74) is 5.28. The molecule has 0 aliphatic carbocycles. The normalized spacial score (nSPS) is 13.8. The first-order chi connectivity index (χ1) is 10.6. The molecule has 0 aromatic carbocycles. The van der Waals surface area contributed by atoms with E-state index in [1.54, 1.807) is 6.92 Å². The second-order valence-electron chi connectivity index (χ2n) is 4.79. The van der Waals surface area contributed by atoms with Gasteiger partial charge in [0.25, 0.3) is 0 Å². The van der Waals surface area contributed by atoms with Crippen LogP contribution in [0.2, 0.25) is 0 Å². The minimum atomic E-state index is -0.575. The van der Waals surface area contributed by atoms with E-state index in [4.69, 9.17) is 29.4 Å². The number of hydrogen-bond donors (Lipinski definition) is 1. The molecule has 0 saturated carbocycles. The number of rotatable bonds is 15. The highest BCUT2D eigenvalue weighted by Gasteiger charge is 2.16. The van der Waals surface area contributed by atoms with Crippen LogP contribution in [0.15, 0.2) is 0 Å². The van der Waals surface area contributed by atoms with Gasteiger partial charge in [-0.3, -0.25) is 0 Å². The summed E-state index contributed by atoms with van der Waals surface area (Å²) in [6.07, 6.45) is 0.132. The SMILES string of the molecule is CCC(C)OC(=O)C(C)OCCOCCOCCOCCN. The van der Waals surface area contributed by atoms with Crippen molar-refractivity contribution in [3.05, 3.63) is 0 Å². The summed E-state index contributed by atoms with van der Waals surface area (Å²) in [6, 6.07) is 0. The van der Waals surface area contributed by atoms with E-state index in [0.29, 0.717) is 52.8 Å². The molecule has 0 spiro atoms. The molecule has 0 aromatic heterocycles. The maximum atomic E-state index is 11.6. The van der Waals surface area contributed by atoms with Crippen molar-refractivity contribution in [2.75, 3.05) is 52.8 Å². The fourth-order valence-corrected chi connectivity index (χ4v) is 1.35. The van der Waals surface area contributed by atoms with E-state index in [1.165, 1.54) is 0 Å².